The average Bonchev–Trinajstić information content (AvgIpc) is 2.66. The van der Waals surface area contributed by atoms with Gasteiger partial charge in [-0.3, -0.25) is 9.59 Å². The minimum atomic E-state index is -0.505. The summed E-state index contributed by atoms with van der Waals surface area (Å²) in [6.07, 6.45) is 5.92. The van der Waals surface area contributed by atoms with Gasteiger partial charge in [-0.25, -0.2) is 0 Å². The van der Waals surface area contributed by atoms with E-state index in [4.69, 9.17) is 4.74 Å². The molecule has 1 aromatic rings. The molecule has 0 unspecified atom stereocenters. The molecule has 5 heteroatoms. The molecule has 0 aliphatic carbocycles. The Kier molecular flexibility index (Phi) is 8.71. The van der Waals surface area contributed by atoms with E-state index in [-0.39, 0.29) is 42.5 Å². The number of aliphatic hydroxyl groups excluding tert-OH is 1. The number of allylic oxidation sites excluding steroid dienone is 1. The van der Waals surface area contributed by atoms with Gasteiger partial charge in [0, 0.05) is 18.9 Å². The number of carbonyl (C=O) groups is 2. The summed E-state index contributed by atoms with van der Waals surface area (Å²) in [6.45, 7) is 6.35. The highest BCUT2D eigenvalue weighted by Gasteiger charge is 2.26. The summed E-state index contributed by atoms with van der Waals surface area (Å²) < 4.78 is 5.69. The molecule has 3 rings (SSSR count). The Hall–Kier alpha value is -2.14. The number of ether oxygens (including phenoxy) is 1. The van der Waals surface area contributed by atoms with Gasteiger partial charge in [-0.05, 0) is 48.8 Å². The number of rotatable bonds is 3. The van der Waals surface area contributed by atoms with Crippen molar-refractivity contribution in [2.75, 3.05) is 13.2 Å². The first-order valence-corrected chi connectivity index (χ1v) is 10.2. The molecule has 2 aliphatic heterocycles. The summed E-state index contributed by atoms with van der Waals surface area (Å²) in [7, 11) is 0. The number of Topliss-reactive ketones (excluding diaryl/α,β-unsaturated/α-hetero) is 1. The molecule has 2 bridgehead atoms. The van der Waals surface area contributed by atoms with Gasteiger partial charge in [-0.1, -0.05) is 45.1 Å². The fourth-order valence-electron chi connectivity index (χ4n) is 3.37. The Morgan fingerprint density at radius 1 is 1.14 bits per heavy atom. The molecule has 1 amide bonds. The molecule has 5 nitrogen and oxygen atoms in total. The van der Waals surface area contributed by atoms with E-state index in [2.05, 4.69) is 5.32 Å². The van der Waals surface area contributed by atoms with Gasteiger partial charge in [-0.15, -0.1) is 0 Å². The predicted octanol–water partition coefficient (Wildman–Crippen LogP) is 3.30. The van der Waals surface area contributed by atoms with E-state index in [1.165, 1.54) is 0 Å². The number of nitrogens with one attached hydrogen (secondary N) is 1. The molecule has 0 saturated heterocycles. The maximum absolute atomic E-state index is 12.8. The van der Waals surface area contributed by atoms with Crippen molar-refractivity contribution < 1.29 is 19.4 Å². The molecule has 1 aromatic carbocycles. The number of ketones is 1. The van der Waals surface area contributed by atoms with Crippen molar-refractivity contribution in [2.45, 2.75) is 52.5 Å². The fourth-order valence-corrected chi connectivity index (χ4v) is 3.37. The molecule has 28 heavy (non-hydrogen) atoms. The van der Waals surface area contributed by atoms with Crippen molar-refractivity contribution in [1.82, 2.24) is 5.32 Å². The highest BCUT2D eigenvalue weighted by atomic mass is 16.5. The van der Waals surface area contributed by atoms with Gasteiger partial charge in [0.05, 0.1) is 6.04 Å². The lowest BCUT2D eigenvalue weighted by Gasteiger charge is -2.23. The molecular weight excluding hydrogens is 354 g/mol. The maximum atomic E-state index is 12.8. The van der Waals surface area contributed by atoms with Crippen molar-refractivity contribution in [3.05, 3.63) is 42.0 Å². The van der Waals surface area contributed by atoms with E-state index in [9.17, 15) is 14.7 Å². The second kappa shape index (κ2) is 11.0. The Balaban J connectivity index is 2.21. The summed E-state index contributed by atoms with van der Waals surface area (Å²) in [5.41, 5.74) is 1.06. The monoisotopic (exact) mass is 387 g/mol. The van der Waals surface area contributed by atoms with Crippen LogP contribution >= 0.6 is 0 Å². The van der Waals surface area contributed by atoms with Gasteiger partial charge < -0.3 is 15.2 Å². The molecule has 2 N–H and O–H groups in total. The van der Waals surface area contributed by atoms with Crippen molar-refractivity contribution >= 4 is 11.7 Å². The van der Waals surface area contributed by atoms with Gasteiger partial charge >= 0.3 is 0 Å². The lowest BCUT2D eigenvalue weighted by atomic mass is 9.91. The number of benzene rings is 1. The zero-order valence-electron chi connectivity index (χ0n) is 17.2. The Bertz CT molecular complexity index is 666. The molecular formula is C23H33NO4. The molecule has 0 aromatic heterocycles. The highest BCUT2D eigenvalue weighted by Crippen LogP contribution is 2.18. The van der Waals surface area contributed by atoms with Gasteiger partial charge in [-0.2, -0.15) is 0 Å². The Morgan fingerprint density at radius 2 is 1.86 bits per heavy atom. The van der Waals surface area contributed by atoms with Crippen molar-refractivity contribution in [1.29, 1.82) is 0 Å². The maximum Gasteiger partial charge on any atom is 0.223 e. The van der Waals surface area contributed by atoms with Crippen LogP contribution < -0.4 is 10.1 Å². The molecule has 154 valence electrons. The zero-order valence-corrected chi connectivity index (χ0v) is 17.2. The minimum absolute atomic E-state index is 0.00815. The number of carbonyl (C=O) groups excluding carboxylic acids is 2. The number of hydrogen-bond acceptors (Lipinski definition) is 4. The summed E-state index contributed by atoms with van der Waals surface area (Å²) in [5, 5.41) is 12.6. The lowest BCUT2D eigenvalue weighted by Crippen LogP contribution is -2.45. The molecule has 2 aliphatic rings. The third-order valence-corrected chi connectivity index (χ3v) is 5.06. The van der Waals surface area contributed by atoms with E-state index in [0.717, 1.165) is 11.3 Å². The molecule has 0 radical (unpaired) electrons. The van der Waals surface area contributed by atoms with E-state index in [1.54, 1.807) is 0 Å². The van der Waals surface area contributed by atoms with Crippen molar-refractivity contribution in [3.63, 3.8) is 0 Å². The third-order valence-electron chi connectivity index (χ3n) is 5.06. The summed E-state index contributed by atoms with van der Waals surface area (Å²) in [4.78, 5) is 25.6. The molecule has 0 fully saturated rings. The summed E-state index contributed by atoms with van der Waals surface area (Å²) >= 11 is 0. The molecule has 2 heterocycles. The summed E-state index contributed by atoms with van der Waals surface area (Å²) in [5.74, 6) is 0.564. The standard InChI is InChI=1S/C23H33NO4/c1-16(2)12-21-22(26)14-19(15-25)6-4-5-11-28-20-9-7-18(8-10-20)13-17(3)23(27)24-21/h4-5,7-10,16-17,19,21,25H,6,11-15H2,1-3H3,(H,24,27)/t17-,19+,21-/m0/s1. The van der Waals surface area contributed by atoms with Crippen LogP contribution in [0.25, 0.3) is 0 Å². The number of amides is 1. The SMILES string of the molecule is CC(C)C[C@@H]1NC(=O)[C@@H](C)Cc2ccc(cc2)OCC=CC[C@@H](CO)CC1=O. The van der Waals surface area contributed by atoms with Crippen LogP contribution in [0.5, 0.6) is 5.75 Å². The van der Waals surface area contributed by atoms with Crippen LogP contribution in [0.1, 0.15) is 45.6 Å². The van der Waals surface area contributed by atoms with Crippen molar-refractivity contribution in [2.24, 2.45) is 17.8 Å². The normalized spacial score (nSPS) is 24.7. The van der Waals surface area contributed by atoms with Crippen LogP contribution in [0.3, 0.4) is 0 Å². The quantitative estimate of drug-likeness (QED) is 0.781. The smallest absolute Gasteiger partial charge is 0.223 e. The van der Waals surface area contributed by atoms with Gasteiger partial charge in [0.2, 0.25) is 5.91 Å². The molecule has 3 atom stereocenters. The Morgan fingerprint density at radius 3 is 2.50 bits per heavy atom. The van der Waals surface area contributed by atoms with Crippen LogP contribution in [0.15, 0.2) is 36.4 Å². The van der Waals surface area contributed by atoms with Crippen LogP contribution in [0.2, 0.25) is 0 Å². The first-order chi connectivity index (χ1) is 13.4. The first kappa shape index (κ1) is 22.2. The average molecular weight is 388 g/mol. The fraction of sp³-hybridized carbons (Fsp3) is 0.565. The zero-order chi connectivity index (χ0) is 20.5. The number of aliphatic hydroxyl groups is 1. The number of hydrogen-bond donors (Lipinski definition) is 2. The molecule has 0 spiro atoms. The van der Waals surface area contributed by atoms with Crippen LogP contribution in [0, 0.1) is 17.8 Å². The second-order valence-electron chi connectivity index (χ2n) is 8.18. The van der Waals surface area contributed by atoms with E-state index in [0.29, 0.717) is 25.9 Å². The lowest BCUT2D eigenvalue weighted by molar-refractivity contribution is -0.130. The first-order valence-electron chi connectivity index (χ1n) is 10.2. The third kappa shape index (κ3) is 7.12. The van der Waals surface area contributed by atoms with Gasteiger partial charge in [0.1, 0.15) is 12.4 Å². The highest BCUT2D eigenvalue weighted by molar-refractivity contribution is 5.89. The summed E-state index contributed by atoms with van der Waals surface area (Å²) in [6, 6.07) is 7.26. The van der Waals surface area contributed by atoms with Crippen LogP contribution in [-0.4, -0.2) is 36.1 Å². The second-order valence-corrected chi connectivity index (χ2v) is 8.18. The van der Waals surface area contributed by atoms with Gasteiger partial charge in [0.25, 0.3) is 0 Å². The van der Waals surface area contributed by atoms with Crippen LogP contribution in [-0.2, 0) is 16.0 Å². The topological polar surface area (TPSA) is 75.6 Å². The number of fused-ring (bicyclic) bond motifs is 13. The molecule has 0 saturated carbocycles. The van der Waals surface area contributed by atoms with Crippen molar-refractivity contribution in [3.8, 4) is 5.75 Å². The predicted molar refractivity (Wildman–Crippen MR) is 110 cm³/mol. The Labute approximate surface area is 168 Å². The van der Waals surface area contributed by atoms with Crippen LogP contribution in [0.4, 0.5) is 0 Å². The largest absolute Gasteiger partial charge is 0.490 e. The van der Waals surface area contributed by atoms with E-state index >= 15 is 0 Å². The van der Waals surface area contributed by atoms with E-state index < -0.39 is 6.04 Å². The minimum Gasteiger partial charge on any atom is -0.490 e. The van der Waals surface area contributed by atoms with Gasteiger partial charge in [0.15, 0.2) is 5.78 Å². The van der Waals surface area contributed by atoms with E-state index in [1.807, 2.05) is 57.2 Å².